The van der Waals surface area contributed by atoms with E-state index in [-0.39, 0.29) is 0 Å². The first-order chi connectivity index (χ1) is 9.81. The highest BCUT2D eigenvalue weighted by Gasteiger charge is 2.11. The van der Waals surface area contributed by atoms with Crippen molar-refractivity contribution >= 4 is 5.69 Å². The molecule has 2 rings (SSSR count). The lowest BCUT2D eigenvalue weighted by Gasteiger charge is -2.21. The summed E-state index contributed by atoms with van der Waals surface area (Å²) in [5.74, 6) is 0. The van der Waals surface area contributed by atoms with Crippen LogP contribution in [0.15, 0.2) is 48.8 Å². The summed E-state index contributed by atoms with van der Waals surface area (Å²) in [7, 11) is 0. The van der Waals surface area contributed by atoms with Crippen LogP contribution in [0.4, 0.5) is 5.69 Å². The van der Waals surface area contributed by atoms with Crippen LogP contribution in [-0.2, 0) is 0 Å². The molecule has 0 bridgehead atoms. The second kappa shape index (κ2) is 7.68. The lowest BCUT2D eigenvalue weighted by Crippen LogP contribution is -2.11. The number of nitrogens with zero attached hydrogens (tertiary/aromatic N) is 1. The Morgan fingerprint density at radius 3 is 2.60 bits per heavy atom. The summed E-state index contributed by atoms with van der Waals surface area (Å²) in [5, 5.41) is 3.66. The average molecular weight is 268 g/mol. The van der Waals surface area contributed by atoms with Gasteiger partial charge in [0.05, 0.1) is 17.9 Å². The van der Waals surface area contributed by atoms with Crippen molar-refractivity contribution in [2.45, 2.75) is 45.6 Å². The molecule has 2 aromatic rings. The molecule has 106 valence electrons. The molecule has 0 aliphatic carbocycles. The molecule has 1 heterocycles. The smallest absolute Gasteiger partial charge is 0.0561 e. The highest BCUT2D eigenvalue weighted by Crippen LogP contribution is 2.26. The van der Waals surface area contributed by atoms with Gasteiger partial charge in [-0.25, -0.2) is 0 Å². The van der Waals surface area contributed by atoms with Crippen LogP contribution in [0, 0.1) is 6.92 Å². The number of nitrogens with one attached hydrogen (secondary N) is 1. The lowest BCUT2D eigenvalue weighted by atomic mass is 10.00. The van der Waals surface area contributed by atoms with Crippen molar-refractivity contribution in [3.63, 3.8) is 0 Å². The monoisotopic (exact) mass is 268 g/mol. The minimum absolute atomic E-state index is 0.366. The molecule has 0 fully saturated rings. The molecule has 20 heavy (non-hydrogen) atoms. The molecular weight excluding hydrogens is 244 g/mol. The van der Waals surface area contributed by atoms with Crippen LogP contribution < -0.4 is 5.32 Å². The molecule has 0 aliphatic heterocycles. The van der Waals surface area contributed by atoms with Gasteiger partial charge in [0.2, 0.25) is 0 Å². The quantitative estimate of drug-likeness (QED) is 0.705. The normalized spacial score (nSPS) is 12.1. The Hall–Kier alpha value is -1.83. The second-order valence-electron chi connectivity index (χ2n) is 5.29. The Morgan fingerprint density at radius 2 is 1.90 bits per heavy atom. The Balaban J connectivity index is 2.12. The van der Waals surface area contributed by atoms with Crippen LogP contribution in [0.1, 0.15) is 49.8 Å². The zero-order valence-corrected chi connectivity index (χ0v) is 12.5. The van der Waals surface area contributed by atoms with Gasteiger partial charge in [0.15, 0.2) is 0 Å². The van der Waals surface area contributed by atoms with Gasteiger partial charge >= 0.3 is 0 Å². The molecule has 2 nitrogen and oxygen atoms in total. The maximum atomic E-state index is 4.23. The van der Waals surface area contributed by atoms with Crippen LogP contribution in [0.2, 0.25) is 0 Å². The van der Waals surface area contributed by atoms with E-state index in [4.69, 9.17) is 0 Å². The third kappa shape index (κ3) is 4.09. The van der Waals surface area contributed by atoms with Gasteiger partial charge in [0.1, 0.15) is 0 Å². The molecule has 0 spiro atoms. The van der Waals surface area contributed by atoms with E-state index in [9.17, 15) is 0 Å². The number of anilines is 1. The Kier molecular flexibility index (Phi) is 5.60. The van der Waals surface area contributed by atoms with Gasteiger partial charge in [-0.05, 0) is 30.5 Å². The first kappa shape index (κ1) is 14.6. The van der Waals surface area contributed by atoms with Gasteiger partial charge in [0, 0.05) is 6.20 Å². The van der Waals surface area contributed by atoms with Crippen LogP contribution >= 0.6 is 0 Å². The number of aromatic nitrogens is 1. The molecule has 1 unspecified atom stereocenters. The maximum Gasteiger partial charge on any atom is 0.0561 e. The fourth-order valence-corrected chi connectivity index (χ4v) is 2.41. The highest BCUT2D eigenvalue weighted by atomic mass is 14.9. The largest absolute Gasteiger partial charge is 0.377 e. The number of aryl methyl sites for hydroxylation is 1. The van der Waals surface area contributed by atoms with Gasteiger partial charge < -0.3 is 5.32 Å². The summed E-state index contributed by atoms with van der Waals surface area (Å²) in [5.41, 5.74) is 3.74. The summed E-state index contributed by atoms with van der Waals surface area (Å²) in [4.78, 5) is 4.23. The molecule has 0 aliphatic rings. The van der Waals surface area contributed by atoms with Crippen molar-refractivity contribution in [1.29, 1.82) is 0 Å². The summed E-state index contributed by atoms with van der Waals surface area (Å²) in [6.07, 6.45) is 8.72. The molecular formula is C18H24N2. The molecule has 0 saturated carbocycles. The summed E-state index contributed by atoms with van der Waals surface area (Å²) in [6, 6.07) is 13.1. The molecule has 2 heteroatoms. The lowest BCUT2D eigenvalue weighted by molar-refractivity contribution is 0.606. The third-order valence-corrected chi connectivity index (χ3v) is 3.67. The predicted molar refractivity (Wildman–Crippen MR) is 85.9 cm³/mol. The summed E-state index contributed by atoms with van der Waals surface area (Å²) < 4.78 is 0. The minimum Gasteiger partial charge on any atom is -0.377 e. The number of rotatable bonds is 7. The fourth-order valence-electron chi connectivity index (χ4n) is 2.41. The van der Waals surface area contributed by atoms with E-state index in [2.05, 4.69) is 60.5 Å². The topological polar surface area (TPSA) is 24.9 Å². The van der Waals surface area contributed by atoms with E-state index in [1.807, 2.05) is 12.4 Å². The number of pyridine rings is 1. The molecule has 1 aromatic carbocycles. The van der Waals surface area contributed by atoms with Crippen molar-refractivity contribution in [3.8, 4) is 0 Å². The van der Waals surface area contributed by atoms with E-state index < -0.39 is 0 Å². The number of hydrogen-bond acceptors (Lipinski definition) is 2. The van der Waals surface area contributed by atoms with Gasteiger partial charge in [-0.3, -0.25) is 4.98 Å². The minimum atomic E-state index is 0.366. The SMILES string of the molecule is CCCCCC(Nc1cnccc1C)c1ccccc1. The maximum absolute atomic E-state index is 4.23. The van der Waals surface area contributed by atoms with Gasteiger partial charge in [-0.1, -0.05) is 56.5 Å². The predicted octanol–water partition coefficient (Wildman–Crippen LogP) is 5.12. The Labute approximate surface area is 122 Å². The van der Waals surface area contributed by atoms with Crippen LogP contribution in [0.5, 0.6) is 0 Å². The van der Waals surface area contributed by atoms with E-state index in [0.29, 0.717) is 6.04 Å². The van der Waals surface area contributed by atoms with E-state index in [1.165, 1.54) is 30.4 Å². The van der Waals surface area contributed by atoms with Gasteiger partial charge in [0.25, 0.3) is 0 Å². The molecule has 0 amide bonds. The summed E-state index contributed by atoms with van der Waals surface area (Å²) >= 11 is 0. The average Bonchev–Trinajstić information content (AvgIpc) is 2.49. The van der Waals surface area contributed by atoms with Crippen LogP contribution in [0.3, 0.4) is 0 Å². The zero-order chi connectivity index (χ0) is 14.2. The van der Waals surface area contributed by atoms with E-state index in [0.717, 1.165) is 12.1 Å². The molecule has 1 N–H and O–H groups in total. The van der Waals surface area contributed by atoms with Crippen molar-refractivity contribution in [2.75, 3.05) is 5.32 Å². The highest BCUT2D eigenvalue weighted by molar-refractivity contribution is 5.49. The molecule has 1 atom stereocenters. The fraction of sp³-hybridized carbons (Fsp3) is 0.389. The third-order valence-electron chi connectivity index (χ3n) is 3.67. The first-order valence-electron chi connectivity index (χ1n) is 7.53. The van der Waals surface area contributed by atoms with Crippen molar-refractivity contribution < 1.29 is 0 Å². The van der Waals surface area contributed by atoms with Crippen molar-refractivity contribution in [1.82, 2.24) is 4.98 Å². The molecule has 0 saturated heterocycles. The standard InChI is InChI=1S/C18H24N2/c1-3-4-6-11-17(16-9-7-5-8-10-16)20-18-14-19-13-12-15(18)2/h5,7-10,12-14,17,20H,3-4,6,11H2,1-2H3. The van der Waals surface area contributed by atoms with Crippen LogP contribution in [-0.4, -0.2) is 4.98 Å². The van der Waals surface area contributed by atoms with E-state index >= 15 is 0 Å². The first-order valence-corrected chi connectivity index (χ1v) is 7.53. The van der Waals surface area contributed by atoms with Crippen molar-refractivity contribution in [3.05, 3.63) is 59.9 Å². The van der Waals surface area contributed by atoms with E-state index in [1.54, 1.807) is 0 Å². The molecule has 1 aromatic heterocycles. The zero-order valence-electron chi connectivity index (χ0n) is 12.5. The number of hydrogen-bond donors (Lipinski definition) is 1. The Morgan fingerprint density at radius 1 is 1.10 bits per heavy atom. The number of unbranched alkanes of at least 4 members (excludes halogenated alkanes) is 2. The van der Waals surface area contributed by atoms with Crippen LogP contribution in [0.25, 0.3) is 0 Å². The van der Waals surface area contributed by atoms with Gasteiger partial charge in [-0.2, -0.15) is 0 Å². The Bertz CT molecular complexity index is 508. The van der Waals surface area contributed by atoms with Gasteiger partial charge in [-0.15, -0.1) is 0 Å². The van der Waals surface area contributed by atoms with Crippen molar-refractivity contribution in [2.24, 2.45) is 0 Å². The summed E-state index contributed by atoms with van der Waals surface area (Å²) in [6.45, 7) is 4.37. The molecule has 0 radical (unpaired) electrons. The number of benzene rings is 1. The second-order valence-corrected chi connectivity index (χ2v) is 5.29.